The Labute approximate surface area is 251 Å². The van der Waals surface area contributed by atoms with Crippen LogP contribution in [-0.2, 0) is 12.8 Å². The average molecular weight is 591 g/mol. The summed E-state index contributed by atoms with van der Waals surface area (Å²) in [5.74, 6) is 0.690. The summed E-state index contributed by atoms with van der Waals surface area (Å²) in [6.45, 7) is 15.8. The Morgan fingerprint density at radius 1 is 0.833 bits per heavy atom. The molecule has 8 heteroatoms. The van der Waals surface area contributed by atoms with Crippen molar-refractivity contribution in [3.05, 3.63) is 99.6 Å². The van der Waals surface area contributed by atoms with Gasteiger partial charge in [0.15, 0.2) is 5.75 Å². The largest absolute Gasteiger partial charge is 0.543 e. The van der Waals surface area contributed by atoms with Crippen molar-refractivity contribution >= 4 is 19.9 Å². The molecule has 1 N–H and O–H groups in total. The Morgan fingerprint density at radius 2 is 1.43 bits per heavy atom. The van der Waals surface area contributed by atoms with Gasteiger partial charge in [0.05, 0.1) is 11.5 Å². The summed E-state index contributed by atoms with van der Waals surface area (Å²) in [7, 11) is -2.04. The summed E-state index contributed by atoms with van der Waals surface area (Å²) in [6, 6.07) is 22.4. The fourth-order valence-corrected chi connectivity index (χ4v) is 11.1. The van der Waals surface area contributed by atoms with E-state index < -0.39 is 13.2 Å². The molecule has 3 aromatic carbocycles. The molecule has 0 saturated carbocycles. The van der Waals surface area contributed by atoms with Crippen molar-refractivity contribution < 1.29 is 18.9 Å². The van der Waals surface area contributed by atoms with Gasteiger partial charge in [-0.3, -0.25) is 14.9 Å². The molecular weight excluding hydrogens is 544 g/mol. The molecule has 0 radical (unpaired) electrons. The van der Waals surface area contributed by atoms with Crippen molar-refractivity contribution in [1.82, 2.24) is 5.32 Å². The zero-order chi connectivity index (χ0) is 30.9. The van der Waals surface area contributed by atoms with Crippen molar-refractivity contribution in [3.63, 3.8) is 0 Å². The minimum atomic E-state index is -2.04. The van der Waals surface area contributed by atoms with E-state index in [1.54, 1.807) is 0 Å². The molecule has 0 aliphatic rings. The van der Waals surface area contributed by atoms with Crippen molar-refractivity contribution in [2.24, 2.45) is 0 Å². The van der Waals surface area contributed by atoms with Gasteiger partial charge in [-0.25, -0.2) is 0 Å². The SMILES string of the molecule is CC(CCc1ccccc1)NC(=O)c1ccc([N+](=O)[O-])c(OCCc2ccc(O[Si](C(C)C)(C(C)C)C(C)C)cc2)c1. The van der Waals surface area contributed by atoms with Gasteiger partial charge in [-0.1, -0.05) is 84.0 Å². The highest BCUT2D eigenvalue weighted by atomic mass is 28.4. The van der Waals surface area contributed by atoms with Gasteiger partial charge in [0.2, 0.25) is 0 Å². The summed E-state index contributed by atoms with van der Waals surface area (Å²) < 4.78 is 12.6. The second-order valence-electron chi connectivity index (χ2n) is 12.0. The number of amides is 1. The number of nitro benzene ring substituents is 1. The molecule has 0 heterocycles. The van der Waals surface area contributed by atoms with E-state index in [4.69, 9.17) is 9.16 Å². The van der Waals surface area contributed by atoms with Gasteiger partial charge < -0.3 is 14.5 Å². The molecule has 1 amide bonds. The van der Waals surface area contributed by atoms with Crippen LogP contribution in [0.25, 0.3) is 0 Å². The minimum Gasteiger partial charge on any atom is -0.543 e. The van der Waals surface area contributed by atoms with Crippen molar-refractivity contribution in [3.8, 4) is 11.5 Å². The van der Waals surface area contributed by atoms with E-state index in [-0.39, 0.29) is 30.0 Å². The molecule has 1 unspecified atom stereocenters. The third kappa shape index (κ3) is 8.44. The van der Waals surface area contributed by atoms with Gasteiger partial charge in [0.25, 0.3) is 14.2 Å². The second-order valence-corrected chi connectivity index (χ2v) is 17.4. The summed E-state index contributed by atoms with van der Waals surface area (Å²) in [5.41, 5.74) is 3.87. The molecule has 3 aromatic rings. The number of hydrogen-bond donors (Lipinski definition) is 1. The molecule has 0 aliphatic carbocycles. The molecule has 3 rings (SSSR count). The summed E-state index contributed by atoms with van der Waals surface area (Å²) in [6.07, 6.45) is 2.19. The number of aryl methyl sites for hydroxylation is 1. The highest BCUT2D eigenvalue weighted by Crippen LogP contribution is 2.42. The van der Waals surface area contributed by atoms with Crippen LogP contribution in [0.3, 0.4) is 0 Å². The number of benzene rings is 3. The molecule has 7 nitrogen and oxygen atoms in total. The highest BCUT2D eigenvalue weighted by molar-refractivity contribution is 6.78. The Morgan fingerprint density at radius 3 is 2.00 bits per heavy atom. The maximum atomic E-state index is 12.9. The van der Waals surface area contributed by atoms with Crippen LogP contribution in [0.15, 0.2) is 72.8 Å². The predicted octanol–water partition coefficient (Wildman–Crippen LogP) is 8.52. The number of carbonyl (C=O) groups is 1. The molecule has 0 aromatic heterocycles. The van der Waals surface area contributed by atoms with Gasteiger partial charge in [0.1, 0.15) is 5.75 Å². The topological polar surface area (TPSA) is 90.7 Å². The predicted molar refractivity (Wildman–Crippen MR) is 172 cm³/mol. The maximum Gasteiger partial charge on any atom is 0.310 e. The van der Waals surface area contributed by atoms with Gasteiger partial charge in [-0.05, 0) is 65.7 Å². The third-order valence-electron chi connectivity index (χ3n) is 8.08. The third-order valence-corrected chi connectivity index (χ3v) is 14.1. The molecule has 0 saturated heterocycles. The number of ether oxygens (including phenoxy) is 1. The smallest absolute Gasteiger partial charge is 0.310 e. The van der Waals surface area contributed by atoms with E-state index >= 15 is 0 Å². The molecule has 0 fully saturated rings. The summed E-state index contributed by atoms with van der Waals surface area (Å²) in [5, 5.41) is 14.6. The van der Waals surface area contributed by atoms with Gasteiger partial charge in [0, 0.05) is 30.2 Å². The maximum absolute atomic E-state index is 12.9. The molecule has 1 atom stereocenters. The standard InChI is InChI=1S/C34H46N2O5Si/c1-24(2)42(25(3)4,26(5)6)41-31-18-15-29(16-19-31)21-22-40-33-23-30(17-20-32(33)36(38)39)34(37)35-27(7)13-14-28-11-9-8-10-12-28/h8-12,15-20,23-27H,13-14,21-22H2,1-7H3,(H,35,37). The van der Waals surface area contributed by atoms with Crippen LogP contribution in [0.2, 0.25) is 16.6 Å². The normalized spacial score (nSPS) is 12.4. The first kappa shape index (κ1) is 32.9. The lowest BCUT2D eigenvalue weighted by molar-refractivity contribution is -0.385. The van der Waals surface area contributed by atoms with Crippen LogP contribution in [0.5, 0.6) is 11.5 Å². The zero-order valence-electron chi connectivity index (χ0n) is 26.1. The summed E-state index contributed by atoms with van der Waals surface area (Å²) in [4.78, 5) is 24.1. The Bertz CT molecular complexity index is 1290. The lowest BCUT2D eigenvalue weighted by Gasteiger charge is -2.42. The number of nitro groups is 1. The number of rotatable bonds is 15. The lowest BCUT2D eigenvalue weighted by Crippen LogP contribution is -2.50. The monoisotopic (exact) mass is 590 g/mol. The van der Waals surface area contributed by atoms with Crippen LogP contribution >= 0.6 is 0 Å². The number of hydrogen-bond acceptors (Lipinski definition) is 5. The number of nitrogens with one attached hydrogen (secondary N) is 1. The molecule has 0 bridgehead atoms. The summed E-state index contributed by atoms with van der Waals surface area (Å²) >= 11 is 0. The van der Waals surface area contributed by atoms with E-state index in [2.05, 4.69) is 59.0 Å². The van der Waals surface area contributed by atoms with Crippen molar-refractivity contribution in [1.29, 1.82) is 0 Å². The van der Waals surface area contributed by atoms with Crippen LogP contribution in [-0.4, -0.2) is 31.8 Å². The molecule has 0 spiro atoms. The van der Waals surface area contributed by atoms with Crippen LogP contribution < -0.4 is 14.5 Å². The van der Waals surface area contributed by atoms with Crippen molar-refractivity contribution in [2.45, 2.75) is 90.4 Å². The van der Waals surface area contributed by atoms with E-state index in [9.17, 15) is 14.9 Å². The first-order valence-corrected chi connectivity index (χ1v) is 17.1. The molecule has 0 aliphatic heterocycles. The van der Waals surface area contributed by atoms with E-state index in [1.165, 1.54) is 23.8 Å². The highest BCUT2D eigenvalue weighted by Gasteiger charge is 2.46. The zero-order valence-corrected chi connectivity index (χ0v) is 27.1. The average Bonchev–Trinajstić information content (AvgIpc) is 2.95. The minimum absolute atomic E-state index is 0.0568. The van der Waals surface area contributed by atoms with Crippen LogP contribution in [0.4, 0.5) is 5.69 Å². The number of nitrogens with zero attached hydrogens (tertiary/aromatic N) is 1. The first-order valence-electron chi connectivity index (χ1n) is 15.0. The fourth-order valence-electron chi connectivity index (χ4n) is 5.89. The Hall–Kier alpha value is -3.65. The van der Waals surface area contributed by atoms with Crippen LogP contribution in [0, 0.1) is 10.1 Å². The van der Waals surface area contributed by atoms with E-state index in [0.29, 0.717) is 28.6 Å². The first-order chi connectivity index (χ1) is 19.9. The second kappa shape index (κ2) is 15.0. The van der Waals surface area contributed by atoms with Gasteiger partial charge in [-0.15, -0.1) is 0 Å². The van der Waals surface area contributed by atoms with E-state index in [1.807, 2.05) is 49.4 Å². The quantitative estimate of drug-likeness (QED) is 0.109. The molecular formula is C34H46N2O5Si. The molecule has 226 valence electrons. The van der Waals surface area contributed by atoms with Crippen LogP contribution in [0.1, 0.15) is 76.4 Å². The van der Waals surface area contributed by atoms with Gasteiger partial charge in [-0.2, -0.15) is 0 Å². The Balaban J connectivity index is 1.62. The molecule has 42 heavy (non-hydrogen) atoms. The Kier molecular flexibility index (Phi) is 11.7. The lowest BCUT2D eigenvalue weighted by atomic mass is 10.1. The van der Waals surface area contributed by atoms with Crippen molar-refractivity contribution in [2.75, 3.05) is 6.61 Å². The van der Waals surface area contributed by atoms with E-state index in [0.717, 1.165) is 24.2 Å². The number of carbonyl (C=O) groups excluding carboxylic acids is 1. The van der Waals surface area contributed by atoms with Gasteiger partial charge >= 0.3 is 5.69 Å². The fraction of sp³-hybridized carbons (Fsp3) is 0.441.